The molecule has 7 heteroatoms. The van der Waals surface area contributed by atoms with Gasteiger partial charge in [0.2, 0.25) is 11.8 Å². The van der Waals surface area contributed by atoms with Crippen molar-refractivity contribution in [3.63, 3.8) is 0 Å². The summed E-state index contributed by atoms with van der Waals surface area (Å²) in [5.74, 6) is 1.54. The van der Waals surface area contributed by atoms with Crippen LogP contribution < -0.4 is 15.8 Å². The normalized spacial score (nSPS) is 12.3. The van der Waals surface area contributed by atoms with E-state index in [0.29, 0.717) is 11.7 Å². The second kappa shape index (κ2) is 3.77. The molecule has 0 atom stereocenters. The SMILES string of the molecule is COc1ccc2c(n1)Sc1cnc(N)nc1N2. The van der Waals surface area contributed by atoms with Crippen molar-refractivity contribution in [3.05, 3.63) is 18.3 Å². The number of fused-ring (bicyclic) bond motifs is 2. The van der Waals surface area contributed by atoms with Crippen LogP contribution in [0.1, 0.15) is 0 Å². The van der Waals surface area contributed by atoms with Crippen LogP contribution in [-0.2, 0) is 0 Å². The van der Waals surface area contributed by atoms with E-state index in [1.54, 1.807) is 19.4 Å². The first-order valence-corrected chi connectivity index (χ1v) is 5.70. The van der Waals surface area contributed by atoms with E-state index in [-0.39, 0.29) is 5.95 Å². The van der Waals surface area contributed by atoms with Crippen molar-refractivity contribution in [1.29, 1.82) is 0 Å². The molecule has 0 aromatic carbocycles. The molecular weight excluding hydrogens is 238 g/mol. The van der Waals surface area contributed by atoms with Crippen LogP contribution in [0.4, 0.5) is 17.5 Å². The molecule has 0 aliphatic carbocycles. The van der Waals surface area contributed by atoms with Crippen LogP contribution in [0.25, 0.3) is 0 Å². The highest BCUT2D eigenvalue weighted by atomic mass is 32.2. The zero-order valence-electron chi connectivity index (χ0n) is 8.97. The van der Waals surface area contributed by atoms with Gasteiger partial charge in [-0.2, -0.15) is 4.98 Å². The summed E-state index contributed by atoms with van der Waals surface area (Å²) in [5, 5.41) is 4.00. The van der Waals surface area contributed by atoms with Crippen LogP contribution in [0.15, 0.2) is 28.3 Å². The maximum Gasteiger partial charge on any atom is 0.222 e. The fourth-order valence-corrected chi connectivity index (χ4v) is 2.36. The van der Waals surface area contributed by atoms with E-state index in [4.69, 9.17) is 10.5 Å². The molecule has 0 saturated heterocycles. The molecule has 86 valence electrons. The van der Waals surface area contributed by atoms with Crippen molar-refractivity contribution < 1.29 is 4.74 Å². The number of nitrogen functional groups attached to an aromatic ring is 1. The number of anilines is 3. The van der Waals surface area contributed by atoms with Crippen molar-refractivity contribution in [2.24, 2.45) is 0 Å². The van der Waals surface area contributed by atoms with Crippen molar-refractivity contribution in [1.82, 2.24) is 15.0 Å². The van der Waals surface area contributed by atoms with Gasteiger partial charge in [-0.1, -0.05) is 11.8 Å². The summed E-state index contributed by atoms with van der Waals surface area (Å²) in [5.41, 5.74) is 6.43. The molecule has 17 heavy (non-hydrogen) atoms. The van der Waals surface area contributed by atoms with Crippen LogP contribution in [-0.4, -0.2) is 22.1 Å². The topological polar surface area (TPSA) is 86.0 Å². The molecule has 0 saturated carbocycles. The highest BCUT2D eigenvalue weighted by molar-refractivity contribution is 7.99. The molecule has 0 amide bonds. The number of nitrogens with two attached hydrogens (primary N) is 1. The summed E-state index contributed by atoms with van der Waals surface area (Å²) in [6.07, 6.45) is 1.68. The van der Waals surface area contributed by atoms with Crippen LogP contribution in [0, 0.1) is 0 Å². The first-order chi connectivity index (χ1) is 8.26. The van der Waals surface area contributed by atoms with Crippen LogP contribution in [0.5, 0.6) is 5.88 Å². The van der Waals surface area contributed by atoms with Gasteiger partial charge in [-0.3, -0.25) is 0 Å². The van der Waals surface area contributed by atoms with Gasteiger partial charge in [0.15, 0.2) is 0 Å². The molecule has 0 spiro atoms. The number of hydrogen-bond donors (Lipinski definition) is 2. The van der Waals surface area contributed by atoms with E-state index in [2.05, 4.69) is 20.3 Å². The Hall–Kier alpha value is -2.02. The molecule has 0 unspecified atom stereocenters. The fraction of sp³-hybridized carbons (Fsp3) is 0.100. The third-order valence-corrected chi connectivity index (χ3v) is 3.30. The van der Waals surface area contributed by atoms with E-state index in [1.807, 2.05) is 6.07 Å². The molecule has 0 bridgehead atoms. The minimum atomic E-state index is 0.252. The van der Waals surface area contributed by atoms with Gasteiger partial charge >= 0.3 is 0 Å². The number of methoxy groups -OCH3 is 1. The third kappa shape index (κ3) is 1.74. The summed E-state index contributed by atoms with van der Waals surface area (Å²) < 4.78 is 5.08. The van der Waals surface area contributed by atoms with E-state index in [9.17, 15) is 0 Å². The summed E-state index contributed by atoms with van der Waals surface area (Å²) in [6, 6.07) is 3.69. The summed E-state index contributed by atoms with van der Waals surface area (Å²) in [6.45, 7) is 0. The van der Waals surface area contributed by atoms with Gasteiger partial charge < -0.3 is 15.8 Å². The van der Waals surface area contributed by atoms with Gasteiger partial charge in [0.1, 0.15) is 10.8 Å². The molecular formula is C10H9N5OS. The van der Waals surface area contributed by atoms with E-state index in [1.165, 1.54) is 11.8 Å². The van der Waals surface area contributed by atoms with Gasteiger partial charge in [0, 0.05) is 12.3 Å². The largest absolute Gasteiger partial charge is 0.481 e. The Kier molecular flexibility index (Phi) is 2.25. The predicted molar refractivity (Wildman–Crippen MR) is 64.6 cm³/mol. The second-order valence-electron chi connectivity index (χ2n) is 3.37. The van der Waals surface area contributed by atoms with Crippen LogP contribution in [0.3, 0.4) is 0 Å². The average Bonchev–Trinajstić information content (AvgIpc) is 2.35. The molecule has 0 fully saturated rings. The zero-order valence-corrected chi connectivity index (χ0v) is 9.78. The van der Waals surface area contributed by atoms with Crippen LogP contribution in [0.2, 0.25) is 0 Å². The number of nitrogens with one attached hydrogen (secondary N) is 1. The molecule has 3 N–H and O–H groups in total. The lowest BCUT2D eigenvalue weighted by molar-refractivity contribution is 0.394. The van der Waals surface area contributed by atoms with Gasteiger partial charge in [-0.25, -0.2) is 9.97 Å². The Morgan fingerprint density at radius 3 is 3.06 bits per heavy atom. The first-order valence-electron chi connectivity index (χ1n) is 4.88. The summed E-state index contributed by atoms with van der Waals surface area (Å²) in [7, 11) is 1.59. The molecule has 2 aromatic heterocycles. The smallest absolute Gasteiger partial charge is 0.222 e. The Morgan fingerprint density at radius 2 is 2.24 bits per heavy atom. The minimum Gasteiger partial charge on any atom is -0.481 e. The highest BCUT2D eigenvalue weighted by Gasteiger charge is 2.19. The maximum absolute atomic E-state index is 5.54. The molecule has 3 heterocycles. The molecule has 3 rings (SSSR count). The lowest BCUT2D eigenvalue weighted by Crippen LogP contribution is -2.06. The van der Waals surface area contributed by atoms with Gasteiger partial charge in [-0.05, 0) is 6.07 Å². The Labute approximate surface area is 102 Å². The van der Waals surface area contributed by atoms with Crippen LogP contribution >= 0.6 is 11.8 Å². The molecule has 0 radical (unpaired) electrons. The maximum atomic E-state index is 5.54. The number of aromatic nitrogens is 3. The fourth-order valence-electron chi connectivity index (χ4n) is 1.49. The molecule has 1 aliphatic heterocycles. The second-order valence-corrected chi connectivity index (χ2v) is 4.41. The van der Waals surface area contributed by atoms with Gasteiger partial charge in [0.25, 0.3) is 0 Å². The number of nitrogens with zero attached hydrogens (tertiary/aromatic N) is 3. The van der Waals surface area contributed by atoms with E-state index in [0.717, 1.165) is 15.6 Å². The number of rotatable bonds is 1. The zero-order chi connectivity index (χ0) is 11.8. The first kappa shape index (κ1) is 10.2. The van der Waals surface area contributed by atoms with Crippen molar-refractivity contribution in [3.8, 4) is 5.88 Å². The average molecular weight is 247 g/mol. The molecule has 1 aliphatic rings. The predicted octanol–water partition coefficient (Wildman–Crippen LogP) is 1.67. The van der Waals surface area contributed by atoms with Gasteiger partial charge in [-0.15, -0.1) is 0 Å². The third-order valence-electron chi connectivity index (χ3n) is 2.28. The van der Waals surface area contributed by atoms with Crippen molar-refractivity contribution in [2.75, 3.05) is 18.2 Å². The number of pyridine rings is 1. The van der Waals surface area contributed by atoms with Crippen molar-refractivity contribution in [2.45, 2.75) is 9.92 Å². The highest BCUT2D eigenvalue weighted by Crippen LogP contribution is 2.42. The quantitative estimate of drug-likeness (QED) is 0.676. The van der Waals surface area contributed by atoms with E-state index < -0.39 is 0 Å². The molecule has 6 nitrogen and oxygen atoms in total. The van der Waals surface area contributed by atoms with Gasteiger partial charge in [0.05, 0.1) is 17.7 Å². The standard InChI is InChI=1S/C10H9N5OS/c1-16-7-3-2-5-9(14-7)17-6-4-12-10(11)15-8(6)13-5/h2-4H,1H3,(H3,11,12,13,15). The minimum absolute atomic E-state index is 0.252. The number of ether oxygens (including phenoxy) is 1. The van der Waals surface area contributed by atoms with E-state index >= 15 is 0 Å². The summed E-state index contributed by atoms with van der Waals surface area (Å²) in [4.78, 5) is 13.3. The Balaban J connectivity index is 2.04. The lowest BCUT2D eigenvalue weighted by atomic mass is 10.4. The van der Waals surface area contributed by atoms with Crippen molar-refractivity contribution >= 4 is 29.2 Å². The molecule has 2 aromatic rings. The summed E-state index contributed by atoms with van der Waals surface area (Å²) >= 11 is 1.49. The number of hydrogen-bond acceptors (Lipinski definition) is 7. The monoisotopic (exact) mass is 247 g/mol. The lowest BCUT2D eigenvalue weighted by Gasteiger charge is -2.18. The Morgan fingerprint density at radius 1 is 1.35 bits per heavy atom. The Bertz CT molecular complexity index is 589.